The average Bonchev–Trinajstić information content (AvgIpc) is 2.40. The summed E-state index contributed by atoms with van der Waals surface area (Å²) in [5.41, 5.74) is 0.901. The molecule has 9 heteroatoms. The number of thioether (sulfide) groups is 1. The quantitative estimate of drug-likeness (QED) is 0.676. The summed E-state index contributed by atoms with van der Waals surface area (Å²) < 4.78 is 25.8. The van der Waals surface area contributed by atoms with Crippen LogP contribution < -0.4 is 10.0 Å². The van der Waals surface area contributed by atoms with Crippen molar-refractivity contribution in [2.45, 2.75) is 11.8 Å². The Morgan fingerprint density at radius 1 is 1.29 bits per heavy atom. The fourth-order valence-electron chi connectivity index (χ4n) is 1.51. The highest BCUT2D eigenvalue weighted by Crippen LogP contribution is 2.20. The zero-order valence-corrected chi connectivity index (χ0v) is 13.2. The Hall–Kier alpha value is -1.58. The molecule has 0 spiro atoms. The van der Waals surface area contributed by atoms with Gasteiger partial charge < -0.3 is 10.4 Å². The van der Waals surface area contributed by atoms with Crippen molar-refractivity contribution in [1.82, 2.24) is 4.72 Å². The smallest absolute Gasteiger partial charge is 0.313 e. The molecule has 116 valence electrons. The van der Waals surface area contributed by atoms with E-state index in [1.807, 2.05) is 0 Å². The first kappa shape index (κ1) is 17.5. The number of anilines is 1. The molecule has 0 radical (unpaired) electrons. The molecule has 0 aliphatic heterocycles. The van der Waals surface area contributed by atoms with Gasteiger partial charge in [0, 0.05) is 5.69 Å². The normalized spacial score (nSPS) is 11.1. The van der Waals surface area contributed by atoms with E-state index in [4.69, 9.17) is 5.11 Å². The highest BCUT2D eigenvalue weighted by Gasteiger charge is 2.15. The molecule has 3 N–H and O–H groups in total. The van der Waals surface area contributed by atoms with Gasteiger partial charge in [-0.1, -0.05) is 6.07 Å². The number of aliphatic carboxylic acids is 1. The first-order chi connectivity index (χ1) is 9.76. The molecule has 0 aliphatic carbocycles. The molecule has 1 rings (SSSR count). The van der Waals surface area contributed by atoms with Crippen molar-refractivity contribution < 1.29 is 23.1 Å². The molecule has 0 aliphatic rings. The number of hydrogen-bond donors (Lipinski definition) is 3. The van der Waals surface area contributed by atoms with Crippen molar-refractivity contribution in [2.24, 2.45) is 0 Å². The average molecular weight is 332 g/mol. The van der Waals surface area contributed by atoms with E-state index in [9.17, 15) is 18.0 Å². The van der Waals surface area contributed by atoms with Crippen LogP contribution >= 0.6 is 11.8 Å². The molecule has 7 nitrogen and oxygen atoms in total. The van der Waals surface area contributed by atoms with Gasteiger partial charge >= 0.3 is 5.97 Å². The number of sulfonamides is 1. The fraction of sp³-hybridized carbons (Fsp3) is 0.333. The summed E-state index contributed by atoms with van der Waals surface area (Å²) in [7, 11) is -2.29. The number of amides is 1. The third-order valence-corrected chi connectivity index (χ3v) is 4.96. The highest BCUT2D eigenvalue weighted by atomic mass is 32.2. The molecular weight excluding hydrogens is 316 g/mol. The van der Waals surface area contributed by atoms with E-state index in [1.165, 1.54) is 13.1 Å². The van der Waals surface area contributed by atoms with Crippen molar-refractivity contribution in [1.29, 1.82) is 0 Å². The number of aryl methyl sites for hydroxylation is 1. The number of carbonyl (C=O) groups is 2. The third kappa shape index (κ3) is 5.37. The van der Waals surface area contributed by atoms with Crippen LogP contribution in [-0.4, -0.2) is 44.0 Å². The molecule has 0 bridgehead atoms. The van der Waals surface area contributed by atoms with E-state index in [-0.39, 0.29) is 16.4 Å². The van der Waals surface area contributed by atoms with Gasteiger partial charge in [0.25, 0.3) is 0 Å². The maximum Gasteiger partial charge on any atom is 0.313 e. The SMILES string of the molecule is CNS(=O)(=O)c1cc(NC(=O)CSCC(=O)O)ccc1C. The summed E-state index contributed by atoms with van der Waals surface area (Å²) in [4.78, 5) is 22.0. The predicted molar refractivity (Wildman–Crippen MR) is 81.0 cm³/mol. The van der Waals surface area contributed by atoms with E-state index in [2.05, 4.69) is 10.0 Å². The van der Waals surface area contributed by atoms with Crippen LogP contribution in [0.15, 0.2) is 23.1 Å². The molecule has 0 fully saturated rings. The van der Waals surface area contributed by atoms with Crippen LogP contribution in [0, 0.1) is 6.92 Å². The molecule has 0 saturated carbocycles. The summed E-state index contributed by atoms with van der Waals surface area (Å²) >= 11 is 0.964. The van der Waals surface area contributed by atoms with Gasteiger partial charge in [-0.3, -0.25) is 9.59 Å². The van der Waals surface area contributed by atoms with Crippen LogP contribution in [0.5, 0.6) is 0 Å². The highest BCUT2D eigenvalue weighted by molar-refractivity contribution is 8.00. The number of carboxylic acid groups (broad SMARTS) is 1. The Morgan fingerprint density at radius 2 is 1.95 bits per heavy atom. The lowest BCUT2D eigenvalue weighted by atomic mass is 10.2. The lowest BCUT2D eigenvalue weighted by Crippen LogP contribution is -2.20. The summed E-state index contributed by atoms with van der Waals surface area (Å²) in [5.74, 6) is -1.57. The minimum absolute atomic E-state index is 0.0196. The van der Waals surface area contributed by atoms with E-state index in [1.54, 1.807) is 19.1 Å². The summed E-state index contributed by atoms with van der Waals surface area (Å²) in [6.45, 7) is 1.65. The lowest BCUT2D eigenvalue weighted by Gasteiger charge is -2.10. The molecule has 21 heavy (non-hydrogen) atoms. The van der Waals surface area contributed by atoms with Crippen molar-refractivity contribution in [3.05, 3.63) is 23.8 Å². The number of rotatable bonds is 7. The van der Waals surface area contributed by atoms with Crippen LogP contribution in [0.25, 0.3) is 0 Å². The Labute approximate surface area is 127 Å². The molecule has 1 aromatic carbocycles. The number of hydrogen-bond acceptors (Lipinski definition) is 5. The Bertz CT molecular complexity index is 643. The number of nitrogens with one attached hydrogen (secondary N) is 2. The molecule has 1 amide bonds. The second-order valence-electron chi connectivity index (χ2n) is 4.12. The molecule has 0 heterocycles. The second kappa shape index (κ2) is 7.43. The predicted octanol–water partition coefficient (Wildman–Crippen LogP) is 0.659. The number of carboxylic acids is 1. The van der Waals surface area contributed by atoms with E-state index in [0.717, 1.165) is 11.8 Å². The van der Waals surface area contributed by atoms with Gasteiger partial charge in [0.1, 0.15) is 0 Å². The van der Waals surface area contributed by atoms with Crippen LogP contribution in [0.4, 0.5) is 5.69 Å². The lowest BCUT2D eigenvalue weighted by molar-refractivity contribution is -0.133. The monoisotopic (exact) mass is 332 g/mol. The van der Waals surface area contributed by atoms with Gasteiger partial charge in [-0.25, -0.2) is 13.1 Å². The van der Waals surface area contributed by atoms with Crippen LogP contribution in [0.1, 0.15) is 5.56 Å². The molecule has 0 atom stereocenters. The summed E-state index contributed by atoms with van der Waals surface area (Å²) in [6, 6.07) is 4.54. The Kier molecular flexibility index (Phi) is 6.19. The van der Waals surface area contributed by atoms with Crippen LogP contribution in [0.3, 0.4) is 0 Å². The molecule has 0 aromatic heterocycles. The van der Waals surface area contributed by atoms with E-state index < -0.39 is 21.9 Å². The first-order valence-electron chi connectivity index (χ1n) is 5.90. The topological polar surface area (TPSA) is 113 Å². The minimum Gasteiger partial charge on any atom is -0.481 e. The standard InChI is InChI=1S/C12H16N2O5S2/c1-8-3-4-9(5-10(8)21(18,19)13-2)14-11(15)6-20-7-12(16)17/h3-5,13H,6-7H2,1-2H3,(H,14,15)(H,16,17). The zero-order chi connectivity index (χ0) is 16.0. The maximum atomic E-state index is 11.8. The van der Waals surface area contributed by atoms with Crippen molar-refractivity contribution in [3.63, 3.8) is 0 Å². The van der Waals surface area contributed by atoms with Crippen molar-refractivity contribution in [2.75, 3.05) is 23.9 Å². The van der Waals surface area contributed by atoms with E-state index >= 15 is 0 Å². The van der Waals surface area contributed by atoms with Crippen molar-refractivity contribution in [3.8, 4) is 0 Å². The zero-order valence-electron chi connectivity index (χ0n) is 11.5. The van der Waals surface area contributed by atoms with Gasteiger partial charge in [-0.2, -0.15) is 0 Å². The van der Waals surface area contributed by atoms with Crippen molar-refractivity contribution >= 4 is 39.3 Å². The fourth-order valence-corrected chi connectivity index (χ4v) is 3.03. The molecule has 0 unspecified atom stereocenters. The third-order valence-electron chi connectivity index (χ3n) is 2.49. The molecular formula is C12H16N2O5S2. The summed E-state index contributed by atoms with van der Waals surface area (Å²) in [6.07, 6.45) is 0. The van der Waals surface area contributed by atoms with E-state index in [0.29, 0.717) is 11.3 Å². The Balaban J connectivity index is 2.79. The summed E-state index contributed by atoms with van der Waals surface area (Å²) in [5, 5.41) is 11.0. The number of benzene rings is 1. The number of carbonyl (C=O) groups excluding carboxylic acids is 1. The van der Waals surface area contributed by atoms with Gasteiger partial charge in [0.05, 0.1) is 16.4 Å². The first-order valence-corrected chi connectivity index (χ1v) is 8.53. The van der Waals surface area contributed by atoms with Gasteiger partial charge in [0.15, 0.2) is 0 Å². The molecule has 0 saturated heterocycles. The van der Waals surface area contributed by atoms with Crippen LogP contribution in [0.2, 0.25) is 0 Å². The van der Waals surface area contributed by atoms with Gasteiger partial charge in [-0.05, 0) is 31.7 Å². The largest absolute Gasteiger partial charge is 0.481 e. The molecule has 1 aromatic rings. The Morgan fingerprint density at radius 3 is 2.52 bits per heavy atom. The van der Waals surface area contributed by atoms with Gasteiger partial charge in [0.2, 0.25) is 15.9 Å². The second-order valence-corrected chi connectivity index (χ2v) is 6.96. The van der Waals surface area contributed by atoms with Crippen LogP contribution in [-0.2, 0) is 19.6 Å². The minimum atomic E-state index is -3.60. The van der Waals surface area contributed by atoms with Gasteiger partial charge in [-0.15, -0.1) is 11.8 Å². The maximum absolute atomic E-state index is 11.8.